The standard InChI is InChI=1S/C12H15N3O2/c1-6-10(16)11(17)9(13-6)12-14-7-4-2-3-5-8(7)15-12/h2-6,9-11,13,16-17H,1H3,(H,14,15). The number of fused-ring (bicyclic) bond motifs is 1. The summed E-state index contributed by atoms with van der Waals surface area (Å²) in [7, 11) is 0. The van der Waals surface area contributed by atoms with Crippen molar-refractivity contribution < 1.29 is 10.2 Å². The summed E-state index contributed by atoms with van der Waals surface area (Å²) in [5.74, 6) is 0.669. The summed E-state index contributed by atoms with van der Waals surface area (Å²) >= 11 is 0. The van der Waals surface area contributed by atoms with Crippen LogP contribution in [0.3, 0.4) is 0 Å². The lowest BCUT2D eigenvalue weighted by molar-refractivity contribution is 0.0291. The molecule has 0 amide bonds. The summed E-state index contributed by atoms with van der Waals surface area (Å²) in [4.78, 5) is 7.59. The highest BCUT2D eigenvalue weighted by molar-refractivity contribution is 5.74. The SMILES string of the molecule is CC1NC(c2nc3ccccc3[nH]2)C(O)C1O. The molecule has 2 heterocycles. The van der Waals surface area contributed by atoms with Crippen molar-refractivity contribution in [3.05, 3.63) is 30.1 Å². The Morgan fingerprint density at radius 2 is 1.94 bits per heavy atom. The summed E-state index contributed by atoms with van der Waals surface area (Å²) in [6.45, 7) is 1.84. The summed E-state index contributed by atoms with van der Waals surface area (Å²) in [5, 5.41) is 22.8. The number of para-hydroxylation sites is 2. The van der Waals surface area contributed by atoms with E-state index in [0.717, 1.165) is 11.0 Å². The predicted molar refractivity (Wildman–Crippen MR) is 63.4 cm³/mol. The molecule has 17 heavy (non-hydrogen) atoms. The molecule has 3 rings (SSSR count). The van der Waals surface area contributed by atoms with E-state index in [4.69, 9.17) is 0 Å². The van der Waals surface area contributed by atoms with Gasteiger partial charge in [-0.2, -0.15) is 0 Å². The van der Waals surface area contributed by atoms with Crippen LogP contribution in [-0.4, -0.2) is 38.4 Å². The van der Waals surface area contributed by atoms with E-state index in [1.807, 2.05) is 31.2 Å². The number of hydrogen-bond donors (Lipinski definition) is 4. The van der Waals surface area contributed by atoms with Gasteiger partial charge < -0.3 is 15.2 Å². The molecule has 1 fully saturated rings. The molecule has 4 unspecified atom stereocenters. The Morgan fingerprint density at radius 1 is 1.18 bits per heavy atom. The van der Waals surface area contributed by atoms with E-state index in [2.05, 4.69) is 15.3 Å². The van der Waals surface area contributed by atoms with E-state index in [1.54, 1.807) is 0 Å². The minimum Gasteiger partial charge on any atom is -0.389 e. The van der Waals surface area contributed by atoms with Crippen molar-refractivity contribution in [1.29, 1.82) is 0 Å². The van der Waals surface area contributed by atoms with Crippen molar-refractivity contribution in [2.24, 2.45) is 0 Å². The third-order valence-electron chi connectivity index (χ3n) is 3.35. The highest BCUT2D eigenvalue weighted by Gasteiger charge is 2.40. The molecule has 5 nitrogen and oxygen atoms in total. The molecular weight excluding hydrogens is 218 g/mol. The predicted octanol–water partition coefficient (Wildman–Crippen LogP) is 0.317. The third kappa shape index (κ3) is 1.63. The van der Waals surface area contributed by atoms with Crippen LogP contribution >= 0.6 is 0 Å². The Labute approximate surface area is 98.5 Å². The lowest BCUT2D eigenvalue weighted by Crippen LogP contribution is -2.29. The van der Waals surface area contributed by atoms with Crippen molar-refractivity contribution in [2.45, 2.75) is 31.2 Å². The van der Waals surface area contributed by atoms with Crippen LogP contribution in [0.15, 0.2) is 24.3 Å². The summed E-state index contributed by atoms with van der Waals surface area (Å²) in [6, 6.07) is 7.22. The van der Waals surface area contributed by atoms with Gasteiger partial charge in [-0.1, -0.05) is 12.1 Å². The van der Waals surface area contributed by atoms with Crippen LogP contribution in [-0.2, 0) is 0 Å². The van der Waals surface area contributed by atoms with Crippen LogP contribution < -0.4 is 5.32 Å². The van der Waals surface area contributed by atoms with E-state index in [-0.39, 0.29) is 12.1 Å². The Kier molecular flexibility index (Phi) is 2.39. The number of nitrogens with zero attached hydrogens (tertiary/aromatic N) is 1. The third-order valence-corrected chi connectivity index (χ3v) is 3.35. The van der Waals surface area contributed by atoms with Crippen LogP contribution in [0, 0.1) is 0 Å². The molecule has 1 aliphatic heterocycles. The van der Waals surface area contributed by atoms with Crippen molar-refractivity contribution >= 4 is 11.0 Å². The average Bonchev–Trinajstić information content (AvgIpc) is 2.86. The van der Waals surface area contributed by atoms with Crippen LogP contribution in [0.4, 0.5) is 0 Å². The fraction of sp³-hybridized carbons (Fsp3) is 0.417. The van der Waals surface area contributed by atoms with Gasteiger partial charge in [-0.05, 0) is 19.1 Å². The first kappa shape index (κ1) is 10.7. The maximum Gasteiger partial charge on any atom is 0.127 e. The average molecular weight is 233 g/mol. The molecule has 0 bridgehead atoms. The maximum absolute atomic E-state index is 9.93. The van der Waals surface area contributed by atoms with Gasteiger partial charge in [-0.25, -0.2) is 4.98 Å². The number of benzene rings is 1. The fourth-order valence-corrected chi connectivity index (χ4v) is 2.33. The van der Waals surface area contributed by atoms with E-state index in [1.165, 1.54) is 0 Å². The molecule has 0 aliphatic carbocycles. The van der Waals surface area contributed by atoms with Crippen molar-refractivity contribution in [2.75, 3.05) is 0 Å². The fourth-order valence-electron chi connectivity index (χ4n) is 2.33. The van der Waals surface area contributed by atoms with Crippen molar-refractivity contribution in [1.82, 2.24) is 15.3 Å². The van der Waals surface area contributed by atoms with Gasteiger partial charge in [0.1, 0.15) is 11.9 Å². The number of hydrogen-bond acceptors (Lipinski definition) is 4. The molecule has 0 spiro atoms. The molecule has 90 valence electrons. The van der Waals surface area contributed by atoms with Gasteiger partial charge in [-0.15, -0.1) is 0 Å². The van der Waals surface area contributed by atoms with E-state index >= 15 is 0 Å². The molecule has 0 radical (unpaired) electrons. The Morgan fingerprint density at radius 3 is 2.59 bits per heavy atom. The maximum atomic E-state index is 9.93. The zero-order valence-electron chi connectivity index (χ0n) is 9.46. The second-order valence-corrected chi connectivity index (χ2v) is 4.55. The van der Waals surface area contributed by atoms with Crippen LogP contribution in [0.5, 0.6) is 0 Å². The molecule has 2 aromatic rings. The molecule has 1 aliphatic rings. The monoisotopic (exact) mass is 233 g/mol. The van der Waals surface area contributed by atoms with Gasteiger partial charge in [0, 0.05) is 6.04 Å². The minimum absolute atomic E-state index is 0.136. The van der Waals surface area contributed by atoms with Crippen molar-refractivity contribution in [3.8, 4) is 0 Å². The van der Waals surface area contributed by atoms with Crippen molar-refractivity contribution in [3.63, 3.8) is 0 Å². The molecular formula is C12H15N3O2. The van der Waals surface area contributed by atoms with Gasteiger partial charge in [0.25, 0.3) is 0 Å². The summed E-state index contributed by atoms with van der Waals surface area (Å²) < 4.78 is 0. The first-order valence-electron chi connectivity index (χ1n) is 5.73. The van der Waals surface area contributed by atoms with E-state index in [9.17, 15) is 10.2 Å². The topological polar surface area (TPSA) is 81.2 Å². The molecule has 1 aromatic heterocycles. The Balaban J connectivity index is 1.99. The number of aromatic nitrogens is 2. The zero-order chi connectivity index (χ0) is 12.0. The molecule has 5 heteroatoms. The van der Waals surface area contributed by atoms with Gasteiger partial charge in [0.05, 0.1) is 23.2 Å². The van der Waals surface area contributed by atoms with Gasteiger partial charge >= 0.3 is 0 Å². The quantitative estimate of drug-likeness (QED) is 0.571. The summed E-state index contributed by atoms with van der Waals surface area (Å²) in [5.41, 5.74) is 1.80. The van der Waals surface area contributed by atoms with E-state index < -0.39 is 12.2 Å². The highest BCUT2D eigenvalue weighted by atomic mass is 16.3. The number of rotatable bonds is 1. The molecule has 4 atom stereocenters. The first-order valence-corrected chi connectivity index (χ1v) is 5.73. The molecule has 0 saturated carbocycles. The van der Waals surface area contributed by atoms with Gasteiger partial charge in [0.15, 0.2) is 0 Å². The van der Waals surface area contributed by atoms with Crippen LogP contribution in [0.1, 0.15) is 18.8 Å². The Hall–Kier alpha value is -1.43. The second kappa shape index (κ2) is 3.80. The Bertz CT molecular complexity index is 506. The lowest BCUT2D eigenvalue weighted by atomic mass is 10.1. The lowest BCUT2D eigenvalue weighted by Gasteiger charge is -2.12. The molecule has 4 N–H and O–H groups in total. The highest BCUT2D eigenvalue weighted by Crippen LogP contribution is 2.27. The summed E-state index contributed by atoms with van der Waals surface area (Å²) in [6.07, 6.45) is -1.58. The number of aliphatic hydroxyl groups is 2. The van der Waals surface area contributed by atoms with E-state index in [0.29, 0.717) is 5.82 Å². The van der Waals surface area contributed by atoms with Gasteiger partial charge in [-0.3, -0.25) is 5.32 Å². The number of aliphatic hydroxyl groups excluding tert-OH is 2. The first-order chi connectivity index (χ1) is 8.16. The number of aromatic amines is 1. The zero-order valence-corrected chi connectivity index (χ0v) is 9.46. The smallest absolute Gasteiger partial charge is 0.127 e. The van der Waals surface area contributed by atoms with Crippen LogP contribution in [0.25, 0.3) is 11.0 Å². The van der Waals surface area contributed by atoms with Gasteiger partial charge in [0.2, 0.25) is 0 Å². The second-order valence-electron chi connectivity index (χ2n) is 4.55. The number of nitrogens with one attached hydrogen (secondary N) is 2. The minimum atomic E-state index is -0.828. The number of H-pyrrole nitrogens is 1. The van der Waals surface area contributed by atoms with Crippen LogP contribution in [0.2, 0.25) is 0 Å². The normalized spacial score (nSPS) is 33.4. The number of imidazole rings is 1. The largest absolute Gasteiger partial charge is 0.389 e. The molecule has 1 saturated heterocycles. The molecule has 1 aromatic carbocycles.